The Bertz CT molecular complexity index is 2820. The molecule has 6 aromatic rings. The fourth-order valence-corrected chi connectivity index (χ4v) is 9.71. The van der Waals surface area contributed by atoms with Crippen LogP contribution in [0.25, 0.3) is 0 Å². The molecule has 88 heavy (non-hydrogen) atoms. The summed E-state index contributed by atoms with van der Waals surface area (Å²) in [7, 11) is 0. The molecule has 0 saturated heterocycles. The maximum Gasteiger partial charge on any atom is 0.408 e. The largest absolute Gasteiger partial charge is 0.489 e. The highest BCUT2D eigenvalue weighted by atomic mass is 16.6. The van der Waals surface area contributed by atoms with Crippen molar-refractivity contribution in [1.82, 2.24) is 31.9 Å². The zero-order valence-electron chi connectivity index (χ0n) is 52.3. The van der Waals surface area contributed by atoms with Gasteiger partial charge in [0.25, 0.3) is 0 Å². The molecule has 0 bridgehead atoms. The lowest BCUT2D eigenvalue weighted by molar-refractivity contribution is -0.130. The minimum absolute atomic E-state index is 0.194. The predicted octanol–water partition coefficient (Wildman–Crippen LogP) is 12.0. The zero-order valence-corrected chi connectivity index (χ0v) is 52.3. The van der Waals surface area contributed by atoms with Crippen LogP contribution in [0.3, 0.4) is 0 Å². The van der Waals surface area contributed by atoms with Crippen LogP contribution in [0.1, 0.15) is 139 Å². The minimum atomic E-state index is -1.01. The lowest BCUT2D eigenvalue weighted by Crippen LogP contribution is -2.55. The third-order valence-electron chi connectivity index (χ3n) is 14.3. The van der Waals surface area contributed by atoms with E-state index in [0.29, 0.717) is 37.8 Å². The zero-order chi connectivity index (χ0) is 63.0. The topological polar surface area (TPSA) is 212 Å². The second-order valence-corrected chi connectivity index (χ2v) is 24.3. The van der Waals surface area contributed by atoms with Crippen molar-refractivity contribution in [3.05, 3.63) is 203 Å². The van der Waals surface area contributed by atoms with Crippen LogP contribution in [0.2, 0.25) is 0 Å². The number of unbranched alkanes of at least 4 members (excludes halogenated alkanes) is 9. The molecule has 470 valence electrons. The summed E-state index contributed by atoms with van der Waals surface area (Å²) in [6.07, 6.45) is 9.14. The van der Waals surface area contributed by atoms with Crippen LogP contribution < -0.4 is 41.4 Å². The number of amides is 6. The van der Waals surface area contributed by atoms with Gasteiger partial charge in [-0.05, 0) is 112 Å². The molecule has 16 nitrogen and oxygen atoms in total. The van der Waals surface area contributed by atoms with Crippen molar-refractivity contribution >= 4 is 35.8 Å². The molecule has 0 aliphatic heterocycles. The van der Waals surface area contributed by atoms with Crippen LogP contribution >= 0.6 is 0 Å². The van der Waals surface area contributed by atoms with E-state index in [4.69, 9.17) is 18.9 Å². The normalized spacial score (nSPS) is 12.7. The quantitative estimate of drug-likeness (QED) is 0.0207. The Morgan fingerprint density at radius 2 is 0.580 bits per heavy atom. The van der Waals surface area contributed by atoms with Crippen molar-refractivity contribution in [3.8, 4) is 11.5 Å². The molecule has 0 saturated carbocycles. The molecule has 0 aliphatic carbocycles. The number of alkyl carbamates (subject to hydrolysis) is 2. The molecular weight excluding hydrogens is 1110 g/mol. The molecule has 4 atom stereocenters. The Labute approximate surface area is 521 Å². The molecule has 16 heteroatoms. The first-order valence-corrected chi connectivity index (χ1v) is 31.1. The van der Waals surface area contributed by atoms with Crippen molar-refractivity contribution in [2.75, 3.05) is 13.1 Å². The second kappa shape index (κ2) is 36.5. The first kappa shape index (κ1) is 68.5. The van der Waals surface area contributed by atoms with E-state index in [1.54, 1.807) is 41.5 Å². The maximum absolute atomic E-state index is 14.1. The third-order valence-corrected chi connectivity index (χ3v) is 14.3. The summed E-state index contributed by atoms with van der Waals surface area (Å²) in [4.78, 5) is 82.0. The number of hydrogen-bond acceptors (Lipinski definition) is 10. The molecule has 6 amide bonds. The van der Waals surface area contributed by atoms with E-state index < -0.39 is 59.4 Å². The van der Waals surface area contributed by atoms with Gasteiger partial charge in [0.2, 0.25) is 23.6 Å². The smallest absolute Gasteiger partial charge is 0.408 e. The van der Waals surface area contributed by atoms with Crippen molar-refractivity contribution in [2.45, 2.75) is 180 Å². The second-order valence-electron chi connectivity index (χ2n) is 24.3. The van der Waals surface area contributed by atoms with Gasteiger partial charge in [0.15, 0.2) is 0 Å². The highest BCUT2D eigenvalue weighted by molar-refractivity contribution is 5.92. The standard InChI is InChI=1S/C72H92N6O10/c1-71(2,3)87-69(83)77-63(47-53-29-19-15-20-30-53)67(81)75-61(49-55-37-41-59(42-38-55)85-51-57-33-23-17-24-34-57)65(79)73-45-27-13-11-9-7-8-10-12-14-28-46-74-66(80)62(50-56-39-43-60(44-40-56)86-52-58-35-25-18-26-36-58)76-68(82)64(48-54-31-21-16-22-32-54)78-70(84)88-72(4,5)6/h15-26,29-44,61-64H,7-14,27-28,45-52H2,1-6H3,(H,73,79)(H,74,80)(H,75,81)(H,76,82)(H,77,83)(H,78,84)/t61-,62-,63+,64+/m0/s1. The van der Waals surface area contributed by atoms with E-state index in [1.807, 2.05) is 170 Å². The molecule has 6 rings (SSSR count). The monoisotopic (exact) mass is 1200 g/mol. The molecule has 0 aromatic heterocycles. The van der Waals surface area contributed by atoms with Gasteiger partial charge in [-0.25, -0.2) is 9.59 Å². The van der Waals surface area contributed by atoms with Crippen LogP contribution in [0.5, 0.6) is 11.5 Å². The predicted molar refractivity (Wildman–Crippen MR) is 344 cm³/mol. The number of nitrogens with one attached hydrogen (secondary N) is 6. The first-order valence-electron chi connectivity index (χ1n) is 31.1. The van der Waals surface area contributed by atoms with Gasteiger partial charge in [-0.3, -0.25) is 19.2 Å². The Kier molecular flexibility index (Phi) is 28.4. The van der Waals surface area contributed by atoms with Crippen LogP contribution in [0, 0.1) is 0 Å². The van der Waals surface area contributed by atoms with E-state index in [9.17, 15) is 28.8 Å². The van der Waals surface area contributed by atoms with E-state index >= 15 is 0 Å². The Morgan fingerprint density at radius 3 is 0.875 bits per heavy atom. The van der Waals surface area contributed by atoms with E-state index in [1.165, 1.54) is 0 Å². The summed E-state index contributed by atoms with van der Waals surface area (Å²) >= 11 is 0. The Morgan fingerprint density at radius 1 is 0.318 bits per heavy atom. The third kappa shape index (κ3) is 27.4. The maximum atomic E-state index is 14.1. The van der Waals surface area contributed by atoms with Gasteiger partial charge in [0.05, 0.1) is 0 Å². The van der Waals surface area contributed by atoms with Crippen molar-refractivity contribution in [2.24, 2.45) is 0 Å². The van der Waals surface area contributed by atoms with Gasteiger partial charge < -0.3 is 50.8 Å². The fourth-order valence-electron chi connectivity index (χ4n) is 9.71. The van der Waals surface area contributed by atoms with Gasteiger partial charge in [0.1, 0.15) is 60.1 Å². The van der Waals surface area contributed by atoms with E-state index in [2.05, 4.69) is 31.9 Å². The fraction of sp³-hybridized carbons (Fsp3) is 0.417. The van der Waals surface area contributed by atoms with Gasteiger partial charge in [-0.15, -0.1) is 0 Å². The SMILES string of the molecule is CC(C)(C)OC(=O)N[C@H](Cc1ccccc1)C(=O)N[C@@H](Cc1ccc(OCc2ccccc2)cc1)C(=O)NCCCCCCCCCCCCNC(=O)[C@H](Cc1ccc(OCc2ccccc2)cc1)NC(=O)[C@@H](Cc1ccccc1)NC(=O)OC(C)(C)C. The lowest BCUT2D eigenvalue weighted by atomic mass is 10.0. The van der Waals surface area contributed by atoms with Gasteiger partial charge in [-0.2, -0.15) is 0 Å². The molecule has 0 aliphatic rings. The van der Waals surface area contributed by atoms with Crippen LogP contribution in [0.4, 0.5) is 9.59 Å². The molecule has 0 heterocycles. The minimum Gasteiger partial charge on any atom is -0.489 e. The van der Waals surface area contributed by atoms with Crippen LogP contribution in [-0.4, -0.2) is 84.3 Å². The number of ether oxygens (including phenoxy) is 4. The summed E-state index contributed by atoms with van der Waals surface area (Å²) in [5.74, 6) is -0.277. The van der Waals surface area contributed by atoms with Crippen molar-refractivity contribution < 1.29 is 47.7 Å². The summed E-state index contributed by atoms with van der Waals surface area (Å²) in [6, 6.07) is 49.6. The van der Waals surface area contributed by atoms with Crippen molar-refractivity contribution in [3.63, 3.8) is 0 Å². The molecule has 0 spiro atoms. The van der Waals surface area contributed by atoms with Crippen molar-refractivity contribution in [1.29, 1.82) is 0 Å². The number of carbonyl (C=O) groups excluding carboxylic acids is 6. The van der Waals surface area contributed by atoms with Crippen LogP contribution in [0.15, 0.2) is 170 Å². The molecule has 6 N–H and O–H groups in total. The average molecular weight is 1200 g/mol. The van der Waals surface area contributed by atoms with Gasteiger partial charge in [-0.1, -0.05) is 197 Å². The number of rotatable bonds is 35. The van der Waals surface area contributed by atoms with E-state index in [0.717, 1.165) is 97.6 Å². The van der Waals surface area contributed by atoms with Gasteiger partial charge >= 0.3 is 12.2 Å². The number of hydrogen-bond donors (Lipinski definition) is 6. The van der Waals surface area contributed by atoms with Crippen LogP contribution in [-0.2, 0) is 67.5 Å². The summed E-state index contributed by atoms with van der Waals surface area (Å²) in [6.45, 7) is 12.2. The van der Waals surface area contributed by atoms with Gasteiger partial charge in [0, 0.05) is 38.8 Å². The highest BCUT2D eigenvalue weighted by Gasteiger charge is 2.31. The lowest BCUT2D eigenvalue weighted by Gasteiger charge is -2.25. The molecule has 0 unspecified atom stereocenters. The molecule has 0 fully saturated rings. The number of carbonyl (C=O) groups is 6. The number of benzene rings is 6. The summed E-state index contributed by atoms with van der Waals surface area (Å²) in [5.41, 5.74) is 3.85. The first-order chi connectivity index (χ1) is 42.3. The molecular formula is C72H92N6O10. The summed E-state index contributed by atoms with van der Waals surface area (Å²) < 4.78 is 23.0. The summed E-state index contributed by atoms with van der Waals surface area (Å²) in [5, 5.41) is 17.5. The van der Waals surface area contributed by atoms with E-state index in [-0.39, 0.29) is 37.5 Å². The Balaban J connectivity index is 0.938. The Hall–Kier alpha value is -8.66. The molecule has 0 radical (unpaired) electrons. The average Bonchev–Trinajstić information content (AvgIpc) is 3.67. The highest BCUT2D eigenvalue weighted by Crippen LogP contribution is 2.20. The molecule has 6 aromatic carbocycles.